The van der Waals surface area contributed by atoms with E-state index < -0.39 is 17.8 Å². The van der Waals surface area contributed by atoms with Gasteiger partial charge in [-0.05, 0) is 35.4 Å². The minimum absolute atomic E-state index is 0.0801. The third-order valence-electron chi connectivity index (χ3n) is 2.95. The van der Waals surface area contributed by atoms with Crippen LogP contribution in [0, 0.1) is 0 Å². The van der Waals surface area contributed by atoms with E-state index in [1.54, 1.807) is 24.3 Å². The molecule has 0 fully saturated rings. The van der Waals surface area contributed by atoms with Gasteiger partial charge in [-0.1, -0.05) is 45.7 Å². The molecule has 0 aliphatic rings. The summed E-state index contributed by atoms with van der Waals surface area (Å²) in [6.45, 7) is 0. The van der Waals surface area contributed by atoms with Crippen LogP contribution in [0.15, 0.2) is 46.9 Å². The second-order valence-electron chi connectivity index (χ2n) is 4.62. The van der Waals surface area contributed by atoms with Crippen molar-refractivity contribution in [2.24, 2.45) is 0 Å². The highest BCUT2D eigenvalue weighted by atomic mass is 79.9. The second kappa shape index (κ2) is 6.38. The summed E-state index contributed by atoms with van der Waals surface area (Å²) >= 11 is 9.15. The van der Waals surface area contributed by atoms with E-state index in [0.29, 0.717) is 20.6 Å². The molecule has 1 unspecified atom stereocenters. The highest BCUT2D eigenvalue weighted by Crippen LogP contribution is 2.31. The van der Waals surface area contributed by atoms with Gasteiger partial charge >= 0.3 is 6.18 Å². The maximum atomic E-state index is 12.6. The van der Waals surface area contributed by atoms with Crippen molar-refractivity contribution in [2.75, 3.05) is 0 Å². The molecule has 0 heterocycles. The predicted molar refractivity (Wildman–Crippen MR) is 79.3 cm³/mol. The number of aliphatic hydroxyl groups excluding tert-OH is 1. The van der Waals surface area contributed by atoms with Gasteiger partial charge in [-0.2, -0.15) is 13.2 Å². The van der Waals surface area contributed by atoms with Gasteiger partial charge in [-0.25, -0.2) is 0 Å². The van der Waals surface area contributed by atoms with Gasteiger partial charge in [0.05, 0.1) is 11.7 Å². The molecule has 6 heteroatoms. The summed E-state index contributed by atoms with van der Waals surface area (Å²) in [6.07, 6.45) is -5.24. The first-order valence-electron chi connectivity index (χ1n) is 6.06. The van der Waals surface area contributed by atoms with Gasteiger partial charge in [0.2, 0.25) is 0 Å². The first-order chi connectivity index (χ1) is 9.75. The van der Waals surface area contributed by atoms with Crippen molar-refractivity contribution in [3.8, 4) is 0 Å². The topological polar surface area (TPSA) is 20.2 Å². The van der Waals surface area contributed by atoms with Gasteiger partial charge in [0.15, 0.2) is 0 Å². The van der Waals surface area contributed by atoms with Crippen LogP contribution in [-0.4, -0.2) is 5.11 Å². The fourth-order valence-corrected chi connectivity index (χ4v) is 2.87. The number of hydrogen-bond donors (Lipinski definition) is 1. The molecule has 2 aromatic rings. The summed E-state index contributed by atoms with van der Waals surface area (Å²) in [5.41, 5.74) is 0.236. The van der Waals surface area contributed by atoms with Crippen LogP contribution >= 0.6 is 27.5 Å². The third-order valence-corrected chi connectivity index (χ3v) is 3.63. The normalized spacial score (nSPS) is 13.2. The molecule has 0 aliphatic heterocycles. The third kappa shape index (κ3) is 4.46. The van der Waals surface area contributed by atoms with Crippen molar-refractivity contribution >= 4 is 27.5 Å². The quantitative estimate of drug-likeness (QED) is 0.757. The van der Waals surface area contributed by atoms with E-state index >= 15 is 0 Å². The molecule has 2 aromatic carbocycles. The lowest BCUT2D eigenvalue weighted by molar-refractivity contribution is -0.137. The van der Waals surface area contributed by atoms with E-state index in [0.717, 1.165) is 12.1 Å². The lowest BCUT2D eigenvalue weighted by atomic mass is 10.00. The van der Waals surface area contributed by atoms with Crippen molar-refractivity contribution in [3.63, 3.8) is 0 Å². The molecule has 0 aliphatic carbocycles. The summed E-state index contributed by atoms with van der Waals surface area (Å²) in [5, 5.41) is 10.6. The van der Waals surface area contributed by atoms with Gasteiger partial charge < -0.3 is 5.11 Å². The minimum atomic E-state index is -4.39. The number of hydrogen-bond acceptors (Lipinski definition) is 1. The van der Waals surface area contributed by atoms with E-state index in [2.05, 4.69) is 15.9 Å². The van der Waals surface area contributed by atoms with Crippen LogP contribution in [-0.2, 0) is 12.6 Å². The smallest absolute Gasteiger partial charge is 0.388 e. The molecule has 0 saturated carbocycles. The van der Waals surface area contributed by atoms with Crippen molar-refractivity contribution in [1.29, 1.82) is 0 Å². The van der Waals surface area contributed by atoms with Gasteiger partial charge in [0.25, 0.3) is 0 Å². The minimum Gasteiger partial charge on any atom is -0.388 e. The van der Waals surface area contributed by atoms with Crippen molar-refractivity contribution in [2.45, 2.75) is 18.7 Å². The zero-order valence-electron chi connectivity index (χ0n) is 10.7. The Bertz CT molecular complexity index is 623. The molecule has 1 nitrogen and oxygen atoms in total. The van der Waals surface area contributed by atoms with Crippen LogP contribution in [0.2, 0.25) is 5.02 Å². The predicted octanol–water partition coefficient (Wildman–Crippen LogP) is 5.40. The lowest BCUT2D eigenvalue weighted by Gasteiger charge is -2.14. The van der Waals surface area contributed by atoms with E-state index in [4.69, 9.17) is 11.6 Å². The number of rotatable bonds is 3. The molecule has 0 spiro atoms. The van der Waals surface area contributed by atoms with Gasteiger partial charge in [-0.15, -0.1) is 0 Å². The van der Waals surface area contributed by atoms with Crippen LogP contribution in [0.5, 0.6) is 0 Å². The van der Waals surface area contributed by atoms with E-state index in [-0.39, 0.29) is 6.42 Å². The lowest BCUT2D eigenvalue weighted by Crippen LogP contribution is -2.07. The Balaban J connectivity index is 2.21. The molecule has 0 radical (unpaired) electrons. The first-order valence-corrected chi connectivity index (χ1v) is 7.23. The molecule has 0 amide bonds. The fourth-order valence-electron chi connectivity index (χ4n) is 1.98. The first kappa shape index (κ1) is 16.3. The molecule has 1 atom stereocenters. The number of alkyl halides is 3. The summed E-state index contributed by atoms with van der Waals surface area (Å²) in [6, 6.07) is 9.88. The molecular weight excluding hydrogens is 369 g/mol. The Morgan fingerprint density at radius 2 is 1.86 bits per heavy atom. The molecule has 112 valence electrons. The Hall–Kier alpha value is -1.04. The summed E-state index contributed by atoms with van der Waals surface area (Å²) in [4.78, 5) is 0. The number of aliphatic hydroxyl groups is 1. The zero-order valence-corrected chi connectivity index (χ0v) is 13.0. The molecule has 2 rings (SSSR count). The van der Waals surface area contributed by atoms with Crippen molar-refractivity contribution in [1.82, 2.24) is 0 Å². The maximum absolute atomic E-state index is 12.6. The number of benzene rings is 2. The fraction of sp³-hybridized carbons (Fsp3) is 0.200. The van der Waals surface area contributed by atoms with E-state index in [1.165, 1.54) is 6.07 Å². The molecule has 0 bridgehead atoms. The van der Waals surface area contributed by atoms with Crippen LogP contribution in [0.25, 0.3) is 0 Å². The van der Waals surface area contributed by atoms with Crippen LogP contribution in [0.1, 0.15) is 22.8 Å². The molecule has 0 saturated heterocycles. The average molecular weight is 380 g/mol. The standard InChI is InChI=1S/C15H11BrClF3O/c16-12-6-10(7-13(17)8-12)14(21)5-9-2-1-3-11(4-9)15(18,19)20/h1-4,6-8,14,21H,5H2. The molecule has 0 aromatic heterocycles. The summed E-state index contributed by atoms with van der Waals surface area (Å²) < 4.78 is 38.6. The van der Waals surface area contributed by atoms with Crippen LogP contribution < -0.4 is 0 Å². The largest absolute Gasteiger partial charge is 0.416 e. The van der Waals surface area contributed by atoms with Gasteiger partial charge in [0.1, 0.15) is 0 Å². The second-order valence-corrected chi connectivity index (χ2v) is 5.97. The van der Waals surface area contributed by atoms with E-state index in [9.17, 15) is 18.3 Å². The summed E-state index contributed by atoms with van der Waals surface area (Å²) in [5.74, 6) is 0. The maximum Gasteiger partial charge on any atom is 0.416 e. The monoisotopic (exact) mass is 378 g/mol. The Labute approximate surface area is 133 Å². The molecule has 21 heavy (non-hydrogen) atoms. The average Bonchev–Trinajstić information content (AvgIpc) is 2.37. The Morgan fingerprint density at radius 1 is 1.14 bits per heavy atom. The zero-order chi connectivity index (χ0) is 15.6. The SMILES string of the molecule is OC(Cc1cccc(C(F)(F)F)c1)c1cc(Cl)cc(Br)c1. The van der Waals surface area contributed by atoms with Crippen molar-refractivity contribution in [3.05, 3.63) is 68.7 Å². The van der Waals surface area contributed by atoms with Gasteiger partial charge in [-0.3, -0.25) is 0 Å². The highest BCUT2D eigenvalue weighted by Gasteiger charge is 2.30. The van der Waals surface area contributed by atoms with E-state index in [1.807, 2.05) is 0 Å². The Kier molecular flexibility index (Phi) is 4.96. The Morgan fingerprint density at radius 3 is 2.48 bits per heavy atom. The van der Waals surface area contributed by atoms with Crippen LogP contribution in [0.3, 0.4) is 0 Å². The highest BCUT2D eigenvalue weighted by molar-refractivity contribution is 9.10. The summed E-state index contributed by atoms with van der Waals surface area (Å²) in [7, 11) is 0. The molecule has 1 N–H and O–H groups in total. The van der Waals surface area contributed by atoms with Gasteiger partial charge in [0, 0.05) is 15.9 Å². The van der Waals surface area contributed by atoms with Crippen molar-refractivity contribution < 1.29 is 18.3 Å². The number of halogens is 5. The molecular formula is C15H11BrClF3O. The van der Waals surface area contributed by atoms with Crippen LogP contribution in [0.4, 0.5) is 13.2 Å².